The van der Waals surface area contributed by atoms with E-state index in [1.807, 2.05) is 0 Å². The van der Waals surface area contributed by atoms with Gasteiger partial charge < -0.3 is 0 Å². The predicted octanol–water partition coefficient (Wildman–Crippen LogP) is 8.12. The fourth-order valence-electron chi connectivity index (χ4n) is 5.49. The van der Waals surface area contributed by atoms with E-state index in [9.17, 15) is 0 Å². The quantitative estimate of drug-likeness (QED) is 0.190. The Balaban J connectivity index is 2.19. The first kappa shape index (κ1) is 15.9. The molecule has 6 aromatic carbocycles. The third-order valence-electron chi connectivity index (χ3n) is 6.99. The Kier molecular flexibility index (Phi) is 2.97. The molecule has 0 saturated heterocycles. The van der Waals surface area contributed by atoms with Gasteiger partial charge in [-0.05, 0) is 104 Å². The summed E-state index contributed by atoms with van der Waals surface area (Å²) in [4.78, 5) is 0. The molecule has 0 bridgehead atoms. The highest BCUT2D eigenvalue weighted by Gasteiger charge is 2.21. The predicted molar refractivity (Wildman–Crippen MR) is 124 cm³/mol. The zero-order valence-corrected chi connectivity index (χ0v) is 16.8. The van der Waals surface area contributed by atoms with E-state index in [1.165, 1.54) is 76.1 Å². The monoisotopic (exact) mass is 358 g/mol. The van der Waals surface area contributed by atoms with Crippen LogP contribution in [0.1, 0.15) is 22.3 Å². The van der Waals surface area contributed by atoms with E-state index in [2.05, 4.69) is 88.4 Å². The van der Waals surface area contributed by atoms with Crippen molar-refractivity contribution >= 4 is 53.9 Å². The van der Waals surface area contributed by atoms with Crippen molar-refractivity contribution in [2.24, 2.45) is 0 Å². The standard InChI is InChI=1S/C28H22/c1-15-9-7-12-22-23-14-8-13-21-19-10-5-6-11-20(19)25-17(3)16(2)18(4)26(24(15)22)28(25)27(21)23/h5-14H,1-4H3. The van der Waals surface area contributed by atoms with Crippen LogP contribution in [0.2, 0.25) is 0 Å². The SMILES string of the molecule is Cc1c(C)c2c3ccccc3c3cccc4c5cccc(C)c5c(c1C)c2c34. The lowest BCUT2D eigenvalue weighted by Gasteiger charge is -2.22. The number of fused-ring (bicyclic) bond motifs is 6. The third-order valence-corrected chi connectivity index (χ3v) is 6.99. The lowest BCUT2D eigenvalue weighted by molar-refractivity contribution is 1.32. The number of aryl methyl sites for hydroxylation is 3. The van der Waals surface area contributed by atoms with Crippen LogP contribution in [-0.4, -0.2) is 0 Å². The topological polar surface area (TPSA) is 0 Å². The van der Waals surface area contributed by atoms with Crippen LogP contribution < -0.4 is 0 Å². The average Bonchev–Trinajstić information content (AvgIpc) is 2.72. The van der Waals surface area contributed by atoms with Crippen molar-refractivity contribution in [1.29, 1.82) is 0 Å². The van der Waals surface area contributed by atoms with Gasteiger partial charge in [-0.3, -0.25) is 0 Å². The summed E-state index contributed by atoms with van der Waals surface area (Å²) in [5, 5.41) is 14.0. The summed E-state index contributed by atoms with van der Waals surface area (Å²) in [6, 6.07) is 22.5. The molecule has 0 unspecified atom stereocenters. The van der Waals surface area contributed by atoms with Gasteiger partial charge in [-0.2, -0.15) is 0 Å². The van der Waals surface area contributed by atoms with E-state index in [4.69, 9.17) is 0 Å². The maximum atomic E-state index is 2.31. The van der Waals surface area contributed by atoms with Gasteiger partial charge in [0, 0.05) is 0 Å². The van der Waals surface area contributed by atoms with Gasteiger partial charge in [0.25, 0.3) is 0 Å². The first-order valence-corrected chi connectivity index (χ1v) is 10.1. The van der Waals surface area contributed by atoms with Gasteiger partial charge in [-0.1, -0.05) is 60.7 Å². The highest BCUT2D eigenvalue weighted by atomic mass is 14.2. The second-order valence-electron chi connectivity index (χ2n) is 8.27. The van der Waals surface area contributed by atoms with Crippen molar-refractivity contribution < 1.29 is 0 Å². The molecule has 0 aliphatic heterocycles. The van der Waals surface area contributed by atoms with Gasteiger partial charge >= 0.3 is 0 Å². The Bertz CT molecular complexity index is 1580. The van der Waals surface area contributed by atoms with Crippen molar-refractivity contribution in [2.75, 3.05) is 0 Å². The summed E-state index contributed by atoms with van der Waals surface area (Å²) in [6.45, 7) is 9.15. The van der Waals surface area contributed by atoms with E-state index in [1.54, 1.807) is 0 Å². The number of hydrogen-bond acceptors (Lipinski definition) is 0. The van der Waals surface area contributed by atoms with Gasteiger partial charge in [0.05, 0.1) is 0 Å². The van der Waals surface area contributed by atoms with E-state index in [0.717, 1.165) is 0 Å². The molecule has 0 radical (unpaired) electrons. The van der Waals surface area contributed by atoms with Gasteiger partial charge in [0.1, 0.15) is 0 Å². The molecule has 0 aromatic heterocycles. The molecular formula is C28H22. The third kappa shape index (κ3) is 1.72. The van der Waals surface area contributed by atoms with Crippen molar-refractivity contribution in [3.05, 3.63) is 82.9 Å². The molecule has 0 amide bonds. The molecule has 0 N–H and O–H groups in total. The van der Waals surface area contributed by atoms with E-state index in [-0.39, 0.29) is 0 Å². The normalized spacial score (nSPS) is 12.3. The van der Waals surface area contributed by atoms with Crippen LogP contribution in [0.25, 0.3) is 53.9 Å². The lowest BCUT2D eigenvalue weighted by atomic mass is 9.80. The first-order valence-electron chi connectivity index (χ1n) is 10.1. The molecule has 0 saturated carbocycles. The largest absolute Gasteiger partial charge is 0.0616 e. The Morgan fingerprint density at radius 1 is 0.357 bits per heavy atom. The van der Waals surface area contributed by atoms with Crippen molar-refractivity contribution in [2.45, 2.75) is 27.7 Å². The minimum absolute atomic E-state index is 1.36. The van der Waals surface area contributed by atoms with Crippen LogP contribution in [0.5, 0.6) is 0 Å². The van der Waals surface area contributed by atoms with Gasteiger partial charge in [0.15, 0.2) is 0 Å². The highest BCUT2D eigenvalue weighted by molar-refractivity contribution is 6.41. The maximum absolute atomic E-state index is 2.31. The van der Waals surface area contributed by atoms with Crippen molar-refractivity contribution in [3.63, 3.8) is 0 Å². The molecule has 134 valence electrons. The summed E-state index contributed by atoms with van der Waals surface area (Å²) >= 11 is 0. The Morgan fingerprint density at radius 3 is 1.61 bits per heavy atom. The van der Waals surface area contributed by atoms with Crippen LogP contribution in [0.4, 0.5) is 0 Å². The maximum Gasteiger partial charge on any atom is -0.000825 e. The Morgan fingerprint density at radius 2 is 0.857 bits per heavy atom. The van der Waals surface area contributed by atoms with Crippen LogP contribution in [-0.2, 0) is 0 Å². The van der Waals surface area contributed by atoms with Crippen LogP contribution >= 0.6 is 0 Å². The summed E-state index contributed by atoms with van der Waals surface area (Å²) in [7, 11) is 0. The van der Waals surface area contributed by atoms with Crippen LogP contribution in [0.15, 0.2) is 60.7 Å². The second kappa shape index (κ2) is 5.23. The molecule has 28 heavy (non-hydrogen) atoms. The fourth-order valence-corrected chi connectivity index (χ4v) is 5.49. The van der Waals surface area contributed by atoms with E-state index < -0.39 is 0 Å². The van der Waals surface area contributed by atoms with Crippen molar-refractivity contribution in [1.82, 2.24) is 0 Å². The smallest absolute Gasteiger partial charge is 0.000825 e. The van der Waals surface area contributed by atoms with E-state index in [0.29, 0.717) is 0 Å². The summed E-state index contributed by atoms with van der Waals surface area (Å²) in [5.74, 6) is 0. The molecule has 6 rings (SSSR count). The molecular weight excluding hydrogens is 336 g/mol. The Labute approximate surface area is 164 Å². The molecule has 0 aliphatic rings. The number of benzene rings is 6. The summed E-state index contributed by atoms with van der Waals surface area (Å²) in [5.41, 5.74) is 5.62. The molecule has 0 spiro atoms. The number of rotatable bonds is 0. The molecule has 0 aliphatic carbocycles. The molecule has 6 aromatic rings. The van der Waals surface area contributed by atoms with Gasteiger partial charge in [0.2, 0.25) is 0 Å². The molecule has 0 nitrogen and oxygen atoms in total. The van der Waals surface area contributed by atoms with Crippen LogP contribution in [0, 0.1) is 27.7 Å². The van der Waals surface area contributed by atoms with E-state index >= 15 is 0 Å². The molecule has 0 fully saturated rings. The van der Waals surface area contributed by atoms with Gasteiger partial charge in [-0.15, -0.1) is 0 Å². The average molecular weight is 358 g/mol. The molecule has 0 heteroatoms. The first-order chi connectivity index (χ1) is 13.6. The zero-order valence-electron chi connectivity index (χ0n) is 16.8. The summed E-state index contributed by atoms with van der Waals surface area (Å²) in [6.07, 6.45) is 0. The van der Waals surface area contributed by atoms with Crippen LogP contribution in [0.3, 0.4) is 0 Å². The van der Waals surface area contributed by atoms with Crippen molar-refractivity contribution in [3.8, 4) is 0 Å². The fraction of sp³-hybridized carbons (Fsp3) is 0.143. The zero-order chi connectivity index (χ0) is 19.2. The molecule has 0 heterocycles. The molecule has 0 atom stereocenters. The minimum Gasteiger partial charge on any atom is -0.0616 e. The highest BCUT2D eigenvalue weighted by Crippen LogP contribution is 2.48. The lowest BCUT2D eigenvalue weighted by Crippen LogP contribution is -1.97. The number of hydrogen-bond donors (Lipinski definition) is 0. The minimum atomic E-state index is 1.36. The Hall–Kier alpha value is -3.12. The second-order valence-corrected chi connectivity index (χ2v) is 8.27. The summed E-state index contributed by atoms with van der Waals surface area (Å²) < 4.78 is 0. The van der Waals surface area contributed by atoms with Gasteiger partial charge in [-0.25, -0.2) is 0 Å².